The van der Waals surface area contributed by atoms with Crippen molar-refractivity contribution in [2.75, 3.05) is 25.0 Å². The fourth-order valence-electron chi connectivity index (χ4n) is 3.54. The summed E-state index contributed by atoms with van der Waals surface area (Å²) in [5.41, 5.74) is 1.80. The van der Waals surface area contributed by atoms with Crippen LogP contribution in [0.5, 0.6) is 0 Å². The minimum absolute atomic E-state index is 0.0472. The number of nitrogens with zero attached hydrogens (tertiary/aromatic N) is 2. The number of hydrogen-bond donors (Lipinski definition) is 1. The Bertz CT molecular complexity index is 624. The van der Waals surface area contributed by atoms with Crippen molar-refractivity contribution in [2.45, 2.75) is 51.9 Å². The molecule has 0 unspecified atom stereocenters. The summed E-state index contributed by atoms with van der Waals surface area (Å²) in [5, 5.41) is 2.97. The van der Waals surface area contributed by atoms with Crippen molar-refractivity contribution in [1.29, 1.82) is 0 Å². The first-order valence-corrected chi connectivity index (χ1v) is 9.09. The minimum Gasteiger partial charge on any atom is -0.372 e. The van der Waals surface area contributed by atoms with Crippen LogP contribution >= 0.6 is 0 Å². The van der Waals surface area contributed by atoms with Gasteiger partial charge in [0.1, 0.15) is 0 Å². The first-order valence-electron chi connectivity index (χ1n) is 9.09. The van der Waals surface area contributed by atoms with E-state index >= 15 is 0 Å². The lowest BCUT2D eigenvalue weighted by Crippen LogP contribution is -2.49. The second-order valence-electron chi connectivity index (χ2n) is 7.07. The predicted octanol–water partition coefficient (Wildman–Crippen LogP) is 2.84. The van der Waals surface area contributed by atoms with Gasteiger partial charge in [0.15, 0.2) is 0 Å². The lowest BCUT2D eigenvalue weighted by Gasteiger charge is -2.35. The smallest absolute Gasteiger partial charge is 0.322 e. The van der Waals surface area contributed by atoms with Crippen molar-refractivity contribution in [1.82, 2.24) is 9.80 Å². The van der Waals surface area contributed by atoms with Gasteiger partial charge in [-0.15, -0.1) is 0 Å². The summed E-state index contributed by atoms with van der Waals surface area (Å²) in [6, 6.07) is 7.65. The van der Waals surface area contributed by atoms with Crippen molar-refractivity contribution < 1.29 is 14.3 Å². The van der Waals surface area contributed by atoms with Gasteiger partial charge in [-0.25, -0.2) is 4.79 Å². The SMILES string of the molecule is C[C@H]1CN(C(=O)Nc2cccc(CN3CCCCC3=O)c2)C[C@H](C)O1. The van der Waals surface area contributed by atoms with Crippen molar-refractivity contribution in [2.24, 2.45) is 0 Å². The Balaban J connectivity index is 1.61. The van der Waals surface area contributed by atoms with Gasteiger partial charge in [0, 0.05) is 38.3 Å². The molecule has 2 heterocycles. The molecule has 6 nitrogen and oxygen atoms in total. The van der Waals surface area contributed by atoms with E-state index in [0.717, 1.165) is 30.6 Å². The summed E-state index contributed by atoms with van der Waals surface area (Å²) in [4.78, 5) is 28.2. The molecule has 2 aliphatic rings. The molecule has 0 aliphatic carbocycles. The fraction of sp³-hybridized carbons (Fsp3) is 0.579. The van der Waals surface area contributed by atoms with E-state index in [0.29, 0.717) is 26.1 Å². The number of benzene rings is 1. The van der Waals surface area contributed by atoms with Gasteiger partial charge in [0.2, 0.25) is 5.91 Å². The highest BCUT2D eigenvalue weighted by molar-refractivity contribution is 5.89. The largest absolute Gasteiger partial charge is 0.372 e. The van der Waals surface area contributed by atoms with Crippen molar-refractivity contribution >= 4 is 17.6 Å². The number of rotatable bonds is 3. The highest BCUT2D eigenvalue weighted by Crippen LogP contribution is 2.18. The van der Waals surface area contributed by atoms with E-state index < -0.39 is 0 Å². The van der Waals surface area contributed by atoms with Crippen molar-refractivity contribution in [3.05, 3.63) is 29.8 Å². The minimum atomic E-state index is -0.104. The van der Waals surface area contributed by atoms with Crippen LogP contribution in [0, 0.1) is 0 Å². The third-order valence-corrected chi connectivity index (χ3v) is 4.68. The van der Waals surface area contributed by atoms with Crippen LogP contribution in [0.1, 0.15) is 38.7 Å². The van der Waals surface area contributed by atoms with Gasteiger partial charge in [-0.05, 0) is 44.4 Å². The van der Waals surface area contributed by atoms with Crippen LogP contribution in [-0.4, -0.2) is 53.6 Å². The van der Waals surface area contributed by atoms with E-state index in [1.54, 1.807) is 4.90 Å². The molecular formula is C19H27N3O3. The Kier molecular flexibility index (Phi) is 5.58. The third-order valence-electron chi connectivity index (χ3n) is 4.68. The maximum absolute atomic E-state index is 12.5. The molecule has 0 saturated carbocycles. The summed E-state index contributed by atoms with van der Waals surface area (Å²) >= 11 is 0. The van der Waals surface area contributed by atoms with Crippen LogP contribution in [-0.2, 0) is 16.1 Å². The van der Waals surface area contributed by atoms with Gasteiger partial charge >= 0.3 is 6.03 Å². The Morgan fingerprint density at radius 1 is 1.24 bits per heavy atom. The third kappa shape index (κ3) is 4.72. The topological polar surface area (TPSA) is 61.9 Å². The summed E-state index contributed by atoms with van der Waals surface area (Å²) in [6.45, 7) is 6.57. The predicted molar refractivity (Wildman–Crippen MR) is 96.3 cm³/mol. The Morgan fingerprint density at radius 2 is 2.00 bits per heavy atom. The average Bonchev–Trinajstić information content (AvgIpc) is 2.56. The molecule has 136 valence electrons. The van der Waals surface area contributed by atoms with E-state index in [-0.39, 0.29) is 24.1 Å². The number of nitrogens with one attached hydrogen (secondary N) is 1. The second-order valence-corrected chi connectivity index (χ2v) is 7.07. The monoisotopic (exact) mass is 345 g/mol. The number of ether oxygens (including phenoxy) is 1. The summed E-state index contributed by atoms with van der Waals surface area (Å²) < 4.78 is 5.67. The summed E-state index contributed by atoms with van der Waals surface area (Å²) in [5.74, 6) is 0.219. The molecule has 2 atom stereocenters. The number of piperidine rings is 1. The summed E-state index contributed by atoms with van der Waals surface area (Å²) in [6.07, 6.45) is 2.79. The lowest BCUT2D eigenvalue weighted by atomic mass is 10.1. The van der Waals surface area contributed by atoms with Crippen LogP contribution < -0.4 is 5.32 Å². The summed E-state index contributed by atoms with van der Waals surface area (Å²) in [7, 11) is 0. The zero-order valence-electron chi connectivity index (χ0n) is 15.0. The molecule has 0 spiro atoms. The van der Waals surface area contributed by atoms with Gasteiger partial charge in [-0.2, -0.15) is 0 Å². The first kappa shape index (κ1) is 17.7. The van der Waals surface area contributed by atoms with Crippen LogP contribution in [0.15, 0.2) is 24.3 Å². The van der Waals surface area contributed by atoms with Crippen LogP contribution in [0.2, 0.25) is 0 Å². The maximum Gasteiger partial charge on any atom is 0.322 e. The first-order chi connectivity index (χ1) is 12.0. The standard InChI is InChI=1S/C19H27N3O3/c1-14-11-22(12-15(2)25-14)19(24)20-17-7-5-6-16(10-17)13-21-9-4-3-8-18(21)23/h5-7,10,14-15H,3-4,8-9,11-13H2,1-2H3,(H,20,24)/t14-,15-/m0/s1. The number of carbonyl (C=O) groups is 2. The molecule has 0 radical (unpaired) electrons. The molecule has 3 rings (SSSR count). The van der Waals surface area contributed by atoms with Gasteiger partial charge < -0.3 is 19.9 Å². The molecule has 2 saturated heterocycles. The molecule has 6 heteroatoms. The normalized spacial score (nSPS) is 24.3. The Hall–Kier alpha value is -2.08. The van der Waals surface area contributed by atoms with E-state index in [4.69, 9.17) is 4.74 Å². The molecule has 2 fully saturated rings. The molecule has 1 N–H and O–H groups in total. The van der Waals surface area contributed by atoms with Crippen LogP contribution in [0.3, 0.4) is 0 Å². The zero-order chi connectivity index (χ0) is 17.8. The Labute approximate surface area is 149 Å². The number of morpholine rings is 1. The number of likely N-dealkylation sites (tertiary alicyclic amines) is 1. The quantitative estimate of drug-likeness (QED) is 0.916. The van der Waals surface area contributed by atoms with Crippen molar-refractivity contribution in [3.8, 4) is 0 Å². The van der Waals surface area contributed by atoms with E-state index in [1.165, 1.54) is 0 Å². The maximum atomic E-state index is 12.5. The van der Waals surface area contributed by atoms with Crippen molar-refractivity contribution in [3.63, 3.8) is 0 Å². The molecule has 1 aromatic rings. The molecule has 25 heavy (non-hydrogen) atoms. The highest BCUT2D eigenvalue weighted by atomic mass is 16.5. The van der Waals surface area contributed by atoms with Gasteiger partial charge in [-0.1, -0.05) is 12.1 Å². The molecule has 0 aromatic heterocycles. The number of urea groups is 1. The van der Waals surface area contributed by atoms with Gasteiger partial charge in [-0.3, -0.25) is 4.79 Å². The molecule has 0 bridgehead atoms. The van der Waals surface area contributed by atoms with Gasteiger partial charge in [0.25, 0.3) is 0 Å². The number of carbonyl (C=O) groups excluding carboxylic acids is 2. The highest BCUT2D eigenvalue weighted by Gasteiger charge is 2.26. The molecule has 1 aromatic carbocycles. The molecule has 3 amide bonds. The molecule has 2 aliphatic heterocycles. The molecular weight excluding hydrogens is 318 g/mol. The van der Waals surface area contributed by atoms with E-state index in [2.05, 4.69) is 5.32 Å². The van der Waals surface area contributed by atoms with Gasteiger partial charge in [0.05, 0.1) is 12.2 Å². The van der Waals surface area contributed by atoms with Crippen LogP contribution in [0.25, 0.3) is 0 Å². The Morgan fingerprint density at radius 3 is 2.72 bits per heavy atom. The second kappa shape index (κ2) is 7.87. The van der Waals surface area contributed by atoms with E-state index in [1.807, 2.05) is 43.0 Å². The zero-order valence-corrected chi connectivity index (χ0v) is 15.0. The fourth-order valence-corrected chi connectivity index (χ4v) is 3.54. The number of hydrogen-bond acceptors (Lipinski definition) is 3. The number of amides is 3. The van der Waals surface area contributed by atoms with Crippen LogP contribution in [0.4, 0.5) is 10.5 Å². The average molecular weight is 345 g/mol. The van der Waals surface area contributed by atoms with E-state index in [9.17, 15) is 9.59 Å². The lowest BCUT2D eigenvalue weighted by molar-refractivity contribution is -0.133. The number of anilines is 1.